The number of nitrogens with one attached hydrogen (secondary N) is 1. The highest BCUT2D eigenvalue weighted by molar-refractivity contribution is 6.13. The lowest BCUT2D eigenvalue weighted by atomic mass is 9.98. The van der Waals surface area contributed by atoms with Crippen molar-refractivity contribution in [2.75, 3.05) is 12.4 Å². The van der Waals surface area contributed by atoms with Crippen molar-refractivity contribution < 1.29 is 14.1 Å². The van der Waals surface area contributed by atoms with Gasteiger partial charge in [-0.1, -0.05) is 41.1 Å². The fourth-order valence-corrected chi connectivity index (χ4v) is 4.78. The summed E-state index contributed by atoms with van der Waals surface area (Å²) in [6.07, 6.45) is 0. The second kappa shape index (κ2) is 10.5. The van der Waals surface area contributed by atoms with Gasteiger partial charge in [-0.15, -0.1) is 0 Å². The van der Waals surface area contributed by atoms with E-state index in [9.17, 15) is 9.59 Å². The van der Waals surface area contributed by atoms with Gasteiger partial charge in [0.15, 0.2) is 5.76 Å². The van der Waals surface area contributed by atoms with Crippen LogP contribution in [-0.2, 0) is 6.54 Å². The van der Waals surface area contributed by atoms with Crippen LogP contribution in [0.3, 0.4) is 0 Å². The molecular weight excluding hydrogens is 488 g/mol. The van der Waals surface area contributed by atoms with Gasteiger partial charge in [-0.25, -0.2) is 4.98 Å². The van der Waals surface area contributed by atoms with Crippen molar-refractivity contribution in [2.24, 2.45) is 0 Å². The molecule has 39 heavy (non-hydrogen) atoms. The summed E-state index contributed by atoms with van der Waals surface area (Å²) in [4.78, 5) is 33.0. The van der Waals surface area contributed by atoms with E-state index < -0.39 is 0 Å². The normalized spacial score (nSPS) is 11.0. The van der Waals surface area contributed by atoms with Crippen molar-refractivity contribution >= 4 is 28.4 Å². The molecule has 7 nitrogen and oxygen atoms in total. The van der Waals surface area contributed by atoms with Crippen molar-refractivity contribution in [3.05, 3.63) is 112 Å². The van der Waals surface area contributed by atoms with Gasteiger partial charge in [0.05, 0.1) is 29.0 Å². The maximum absolute atomic E-state index is 13.6. The highest BCUT2D eigenvalue weighted by atomic mass is 16.5. The molecule has 2 aromatic heterocycles. The zero-order valence-electron chi connectivity index (χ0n) is 22.7. The van der Waals surface area contributed by atoms with Crippen LogP contribution in [0.25, 0.3) is 22.2 Å². The molecule has 0 saturated heterocycles. The number of aryl methyl sites for hydroxylation is 4. The highest BCUT2D eigenvalue weighted by Gasteiger charge is 2.18. The van der Waals surface area contributed by atoms with Gasteiger partial charge < -0.3 is 14.7 Å². The predicted molar refractivity (Wildman–Crippen MR) is 153 cm³/mol. The van der Waals surface area contributed by atoms with Crippen LogP contribution < -0.4 is 5.32 Å². The lowest BCUT2D eigenvalue weighted by molar-refractivity contribution is 0.0772. The number of nitrogens with zero attached hydrogens (tertiary/aromatic N) is 3. The number of aromatic nitrogens is 2. The first-order valence-electron chi connectivity index (χ1n) is 12.8. The molecule has 7 heteroatoms. The molecule has 2 amide bonds. The zero-order chi connectivity index (χ0) is 27.7. The van der Waals surface area contributed by atoms with Gasteiger partial charge in [-0.2, -0.15) is 0 Å². The molecule has 0 fully saturated rings. The Morgan fingerprint density at radius 2 is 1.64 bits per heavy atom. The van der Waals surface area contributed by atoms with E-state index in [0.717, 1.165) is 44.5 Å². The van der Waals surface area contributed by atoms with Crippen LogP contribution >= 0.6 is 0 Å². The monoisotopic (exact) mass is 518 g/mol. The molecule has 5 rings (SSSR count). The smallest absolute Gasteiger partial charge is 0.256 e. The topological polar surface area (TPSA) is 88.3 Å². The Kier molecular flexibility index (Phi) is 6.98. The van der Waals surface area contributed by atoms with Crippen LogP contribution in [0.4, 0.5) is 5.69 Å². The largest absolute Gasteiger partial charge is 0.359 e. The van der Waals surface area contributed by atoms with E-state index in [4.69, 9.17) is 9.51 Å². The Morgan fingerprint density at radius 1 is 0.897 bits per heavy atom. The summed E-state index contributed by atoms with van der Waals surface area (Å²) in [6, 6.07) is 22.6. The number of fused-ring (bicyclic) bond motifs is 1. The molecule has 0 radical (unpaired) electrons. The minimum absolute atomic E-state index is 0.157. The Morgan fingerprint density at radius 3 is 2.33 bits per heavy atom. The van der Waals surface area contributed by atoms with Gasteiger partial charge in [-0.05, 0) is 75.2 Å². The van der Waals surface area contributed by atoms with E-state index in [1.165, 1.54) is 0 Å². The number of hydrogen-bond acceptors (Lipinski definition) is 5. The maximum Gasteiger partial charge on any atom is 0.256 e. The summed E-state index contributed by atoms with van der Waals surface area (Å²) in [6.45, 7) is 8.22. The van der Waals surface area contributed by atoms with E-state index >= 15 is 0 Å². The number of benzene rings is 3. The van der Waals surface area contributed by atoms with Crippen LogP contribution in [0.1, 0.15) is 48.9 Å². The number of anilines is 1. The summed E-state index contributed by atoms with van der Waals surface area (Å²) in [5.41, 5.74) is 8.13. The second-order valence-electron chi connectivity index (χ2n) is 9.98. The Balaban J connectivity index is 1.42. The van der Waals surface area contributed by atoms with Crippen molar-refractivity contribution in [3.8, 4) is 11.3 Å². The number of carbonyl (C=O) groups excluding carboxylic acids is 2. The Hall–Kier alpha value is -4.78. The van der Waals surface area contributed by atoms with E-state index in [-0.39, 0.29) is 11.8 Å². The lowest BCUT2D eigenvalue weighted by Gasteiger charge is -2.16. The molecule has 1 N–H and O–H groups in total. The van der Waals surface area contributed by atoms with Gasteiger partial charge in [-0.3, -0.25) is 9.59 Å². The number of pyridine rings is 1. The van der Waals surface area contributed by atoms with E-state index in [1.807, 2.05) is 64.1 Å². The summed E-state index contributed by atoms with van der Waals surface area (Å²) < 4.78 is 5.22. The SMILES string of the molecule is Cc1cc(C)c2nc(-c3ccccc3C)cc(C(=O)Nc3ccc(C(=O)N(C)Cc4cc(C)no4)cc3)c2c1. The average Bonchev–Trinajstić information content (AvgIpc) is 3.32. The summed E-state index contributed by atoms with van der Waals surface area (Å²) in [7, 11) is 1.71. The molecule has 0 atom stereocenters. The predicted octanol–water partition coefficient (Wildman–Crippen LogP) is 6.65. The van der Waals surface area contributed by atoms with Crippen LogP contribution in [0.5, 0.6) is 0 Å². The summed E-state index contributed by atoms with van der Waals surface area (Å²) in [5.74, 6) is 0.224. The van der Waals surface area contributed by atoms with Gasteiger partial charge in [0.2, 0.25) is 0 Å². The minimum atomic E-state index is -0.237. The highest BCUT2D eigenvalue weighted by Crippen LogP contribution is 2.30. The van der Waals surface area contributed by atoms with Gasteiger partial charge >= 0.3 is 0 Å². The van der Waals surface area contributed by atoms with Crippen molar-refractivity contribution in [1.82, 2.24) is 15.0 Å². The van der Waals surface area contributed by atoms with E-state index in [1.54, 1.807) is 42.3 Å². The molecule has 5 aromatic rings. The molecule has 0 aliphatic carbocycles. The Bertz CT molecular complexity index is 1700. The number of carbonyl (C=O) groups is 2. The minimum Gasteiger partial charge on any atom is -0.359 e. The summed E-state index contributed by atoms with van der Waals surface area (Å²) >= 11 is 0. The lowest BCUT2D eigenvalue weighted by Crippen LogP contribution is -2.26. The standard InChI is InChI=1S/C32H30N4O3/c1-19-14-21(3)30-27(15-19)28(17-29(34-30)26-9-7-6-8-20(26)2)31(37)33-24-12-10-23(11-13-24)32(38)36(5)18-25-16-22(4)35-39-25/h6-17H,18H2,1-5H3,(H,33,37). The third-order valence-electron chi connectivity index (χ3n) is 6.72. The fourth-order valence-electron chi connectivity index (χ4n) is 4.78. The molecule has 0 spiro atoms. The van der Waals surface area contributed by atoms with Gasteiger partial charge in [0, 0.05) is 35.3 Å². The van der Waals surface area contributed by atoms with Crippen LogP contribution in [-0.4, -0.2) is 33.9 Å². The molecule has 0 unspecified atom stereocenters. The van der Waals surface area contributed by atoms with Crippen LogP contribution in [0.15, 0.2) is 77.3 Å². The van der Waals surface area contributed by atoms with Crippen molar-refractivity contribution in [1.29, 1.82) is 0 Å². The molecule has 0 aliphatic heterocycles. The number of hydrogen-bond donors (Lipinski definition) is 1. The zero-order valence-corrected chi connectivity index (χ0v) is 22.7. The quantitative estimate of drug-likeness (QED) is 0.272. The average molecular weight is 519 g/mol. The molecule has 0 saturated carbocycles. The molecule has 2 heterocycles. The third kappa shape index (κ3) is 5.43. The van der Waals surface area contributed by atoms with Gasteiger partial charge in [0.25, 0.3) is 11.8 Å². The van der Waals surface area contributed by atoms with Crippen LogP contribution in [0.2, 0.25) is 0 Å². The second-order valence-corrected chi connectivity index (χ2v) is 9.98. The number of amides is 2. The van der Waals surface area contributed by atoms with Crippen molar-refractivity contribution in [2.45, 2.75) is 34.2 Å². The Labute approximate surface area is 227 Å². The first-order chi connectivity index (χ1) is 18.7. The van der Waals surface area contributed by atoms with Crippen LogP contribution in [0, 0.1) is 27.7 Å². The maximum atomic E-state index is 13.6. The molecule has 0 bridgehead atoms. The molecular formula is C32H30N4O3. The van der Waals surface area contributed by atoms with Crippen molar-refractivity contribution in [3.63, 3.8) is 0 Å². The summed E-state index contributed by atoms with van der Waals surface area (Å²) in [5, 5.41) is 7.67. The first-order valence-corrected chi connectivity index (χ1v) is 12.8. The van der Waals surface area contributed by atoms with E-state index in [0.29, 0.717) is 29.1 Å². The van der Waals surface area contributed by atoms with Gasteiger partial charge in [0.1, 0.15) is 0 Å². The number of rotatable bonds is 6. The molecule has 196 valence electrons. The van der Waals surface area contributed by atoms with E-state index in [2.05, 4.69) is 16.5 Å². The molecule has 3 aromatic carbocycles. The molecule has 0 aliphatic rings. The third-order valence-corrected chi connectivity index (χ3v) is 6.72. The first kappa shape index (κ1) is 25.9. The fraction of sp³-hybridized carbons (Fsp3) is 0.188.